The summed E-state index contributed by atoms with van der Waals surface area (Å²) in [5, 5.41) is 13.9. The Bertz CT molecular complexity index is 1880. The third kappa shape index (κ3) is 7.16. The van der Waals surface area contributed by atoms with Crippen LogP contribution < -0.4 is 5.32 Å². The molecule has 2 heterocycles. The molecule has 1 amide bonds. The number of anilines is 1. The van der Waals surface area contributed by atoms with Crippen LogP contribution in [0.3, 0.4) is 0 Å². The van der Waals surface area contributed by atoms with E-state index in [1.54, 1.807) is 60.7 Å². The van der Waals surface area contributed by atoms with E-state index in [4.69, 9.17) is 11.6 Å². The number of carbonyl (C=O) groups is 2. The highest BCUT2D eigenvalue weighted by Gasteiger charge is 2.23. The maximum atomic E-state index is 14.3. The molecule has 0 fully saturated rings. The second-order valence-electron chi connectivity index (χ2n) is 9.49. The molecule has 5 rings (SSSR count). The summed E-state index contributed by atoms with van der Waals surface area (Å²) in [6.45, 7) is 0. The zero-order valence-electron chi connectivity index (χ0n) is 22.5. The highest BCUT2D eigenvalue weighted by atomic mass is 35.5. The minimum atomic E-state index is -3.82. The summed E-state index contributed by atoms with van der Waals surface area (Å²) >= 11 is 5.87. The maximum Gasteiger partial charge on any atom is 0.272 e. The number of hydrogen-bond acceptors (Lipinski definition) is 8. The average Bonchev–Trinajstić information content (AvgIpc) is 3.52. The van der Waals surface area contributed by atoms with Gasteiger partial charge in [0.05, 0.1) is 16.5 Å². The van der Waals surface area contributed by atoms with Crippen LogP contribution in [0.5, 0.6) is 0 Å². The molecular formula is C30H24ClFN6O4S. The first kappa shape index (κ1) is 29.7. The number of unbranched alkanes of at least 4 members (excludes halogenated alkanes) is 1. The van der Waals surface area contributed by atoms with Crippen LogP contribution >= 0.6 is 11.6 Å². The Balaban J connectivity index is 1.23. The Kier molecular flexibility index (Phi) is 8.98. The lowest BCUT2D eigenvalue weighted by Crippen LogP contribution is -2.16. The molecule has 0 spiro atoms. The monoisotopic (exact) mass is 618 g/mol. The van der Waals surface area contributed by atoms with Gasteiger partial charge in [-0.15, -0.1) is 0 Å². The van der Waals surface area contributed by atoms with Crippen LogP contribution in [0.25, 0.3) is 16.8 Å². The van der Waals surface area contributed by atoms with Crippen LogP contribution in [-0.4, -0.2) is 51.1 Å². The van der Waals surface area contributed by atoms with Crippen molar-refractivity contribution in [3.05, 3.63) is 113 Å². The molecule has 0 bridgehead atoms. The fourth-order valence-corrected chi connectivity index (χ4v) is 5.78. The minimum Gasteiger partial charge on any atom is -0.326 e. The number of ketones is 1. The smallest absolute Gasteiger partial charge is 0.272 e. The molecule has 0 aliphatic rings. The van der Waals surface area contributed by atoms with E-state index in [1.807, 2.05) is 0 Å². The molecule has 3 aromatic carbocycles. The molecule has 0 aliphatic carbocycles. The lowest BCUT2D eigenvalue weighted by molar-refractivity contribution is -0.116. The first-order chi connectivity index (χ1) is 20.7. The van der Waals surface area contributed by atoms with E-state index in [-0.39, 0.29) is 47.6 Å². The van der Waals surface area contributed by atoms with Gasteiger partial charge in [0, 0.05) is 29.4 Å². The number of rotatable bonds is 11. The topological polar surface area (TPSA) is 137 Å². The van der Waals surface area contributed by atoms with E-state index in [0.29, 0.717) is 33.1 Å². The third-order valence-corrected chi connectivity index (χ3v) is 8.30. The van der Waals surface area contributed by atoms with Crippen molar-refractivity contribution >= 4 is 38.8 Å². The van der Waals surface area contributed by atoms with Crippen LogP contribution in [0.1, 0.15) is 35.3 Å². The Labute approximate surface area is 251 Å². The van der Waals surface area contributed by atoms with E-state index in [1.165, 1.54) is 30.5 Å². The van der Waals surface area contributed by atoms with Crippen molar-refractivity contribution in [3.63, 3.8) is 0 Å². The molecule has 218 valence electrons. The van der Waals surface area contributed by atoms with Gasteiger partial charge in [-0.1, -0.05) is 53.1 Å². The van der Waals surface area contributed by atoms with Gasteiger partial charge in [-0.25, -0.2) is 12.8 Å². The summed E-state index contributed by atoms with van der Waals surface area (Å²) in [5.41, 5.74) is 2.27. The van der Waals surface area contributed by atoms with Gasteiger partial charge in [0.2, 0.25) is 21.5 Å². The van der Waals surface area contributed by atoms with Crippen molar-refractivity contribution < 1.29 is 22.4 Å². The van der Waals surface area contributed by atoms with E-state index >= 15 is 0 Å². The molecule has 1 N–H and O–H groups in total. The largest absolute Gasteiger partial charge is 0.326 e. The number of para-hydroxylation sites is 1. The van der Waals surface area contributed by atoms with Gasteiger partial charge in [-0.2, -0.15) is 4.68 Å². The number of amides is 1. The molecule has 2 aromatic heterocycles. The zero-order chi connectivity index (χ0) is 30.4. The Hall–Kier alpha value is -4.81. The summed E-state index contributed by atoms with van der Waals surface area (Å²) in [5.74, 6) is -1.49. The summed E-state index contributed by atoms with van der Waals surface area (Å²) in [7, 11) is -3.82. The van der Waals surface area contributed by atoms with Crippen molar-refractivity contribution in [2.75, 3.05) is 11.1 Å². The number of nitrogens with one attached hydrogen (secondary N) is 1. The Morgan fingerprint density at radius 3 is 2.51 bits per heavy atom. The van der Waals surface area contributed by atoms with Crippen molar-refractivity contribution in [3.8, 4) is 16.8 Å². The molecule has 0 saturated heterocycles. The predicted octanol–water partition coefficient (Wildman–Crippen LogP) is 5.33. The lowest BCUT2D eigenvalue weighted by atomic mass is 9.98. The van der Waals surface area contributed by atoms with Gasteiger partial charge >= 0.3 is 0 Å². The minimum absolute atomic E-state index is 0.0245. The summed E-state index contributed by atoms with van der Waals surface area (Å²) < 4.78 is 41.2. The van der Waals surface area contributed by atoms with E-state index < -0.39 is 15.7 Å². The van der Waals surface area contributed by atoms with Crippen molar-refractivity contribution in [1.29, 1.82) is 0 Å². The second kappa shape index (κ2) is 13.0. The van der Waals surface area contributed by atoms with Crippen LogP contribution in [0.15, 0.2) is 96.3 Å². The first-order valence-electron chi connectivity index (χ1n) is 13.1. The number of tetrazole rings is 1. The van der Waals surface area contributed by atoms with Gasteiger partial charge in [-0.05, 0) is 77.4 Å². The fraction of sp³-hybridized carbons (Fsp3) is 0.133. The number of nitrogens with zero attached hydrogens (tertiary/aromatic N) is 5. The number of sulfone groups is 1. The first-order valence-corrected chi connectivity index (χ1v) is 15.2. The molecule has 43 heavy (non-hydrogen) atoms. The highest BCUT2D eigenvalue weighted by Crippen LogP contribution is 2.30. The molecule has 10 nitrogen and oxygen atoms in total. The normalized spacial score (nSPS) is 11.3. The summed E-state index contributed by atoms with van der Waals surface area (Å²) in [4.78, 5) is 29.8. The number of benzene rings is 3. The van der Waals surface area contributed by atoms with Crippen LogP contribution in [0.2, 0.25) is 5.02 Å². The molecular weight excluding hydrogens is 595 g/mol. The number of halogens is 2. The molecule has 0 atom stereocenters. The summed E-state index contributed by atoms with van der Waals surface area (Å²) in [6, 6.07) is 22.2. The quantitative estimate of drug-likeness (QED) is 0.155. The summed E-state index contributed by atoms with van der Waals surface area (Å²) in [6.07, 6.45) is 1.86. The Morgan fingerprint density at radius 1 is 0.930 bits per heavy atom. The van der Waals surface area contributed by atoms with Crippen LogP contribution in [0.4, 0.5) is 10.1 Å². The predicted molar refractivity (Wildman–Crippen MR) is 158 cm³/mol. The molecule has 5 aromatic rings. The van der Waals surface area contributed by atoms with Crippen molar-refractivity contribution in [1.82, 2.24) is 25.2 Å². The molecule has 0 aliphatic heterocycles. The van der Waals surface area contributed by atoms with Gasteiger partial charge in [0.1, 0.15) is 11.5 Å². The van der Waals surface area contributed by atoms with Gasteiger partial charge in [0.15, 0.2) is 0 Å². The molecule has 13 heteroatoms. The number of pyridine rings is 1. The number of carbonyl (C=O) groups excluding carboxylic acids is 2. The average molecular weight is 619 g/mol. The molecule has 0 unspecified atom stereocenters. The van der Waals surface area contributed by atoms with E-state index in [9.17, 15) is 22.4 Å². The SMILES string of the molecule is O=C(CCCCS(=O)(=O)c1nnnn1-c1ccccc1)Nc1ccc(F)cc1-c1cccc(C(=O)c2ccc(Cl)cn2)c1. The third-order valence-electron chi connectivity index (χ3n) is 6.44. The standard InChI is InChI=1S/C30H24ClFN6O4S/c31-22-12-14-27(33-19-22)29(40)21-8-6-7-20(17-21)25-18-23(32)13-15-26(25)34-28(39)11-4-5-16-43(41,42)30-35-36-37-38(30)24-9-2-1-3-10-24/h1-3,6-10,12-15,17-19H,4-5,11,16H2,(H,34,39). The van der Waals surface area contributed by atoms with E-state index in [0.717, 1.165) is 4.68 Å². The van der Waals surface area contributed by atoms with Crippen molar-refractivity contribution in [2.45, 2.75) is 24.4 Å². The molecule has 0 saturated carbocycles. The molecule has 0 radical (unpaired) electrons. The fourth-order valence-electron chi connectivity index (χ4n) is 4.34. The Morgan fingerprint density at radius 2 is 1.74 bits per heavy atom. The van der Waals surface area contributed by atoms with E-state index in [2.05, 4.69) is 25.8 Å². The second-order valence-corrected chi connectivity index (χ2v) is 11.9. The maximum absolute atomic E-state index is 14.3. The van der Waals surface area contributed by atoms with Gasteiger partial charge in [0.25, 0.3) is 5.16 Å². The lowest BCUT2D eigenvalue weighted by Gasteiger charge is -2.13. The number of aromatic nitrogens is 5. The number of hydrogen-bond donors (Lipinski definition) is 1. The highest BCUT2D eigenvalue weighted by molar-refractivity contribution is 7.91. The van der Waals surface area contributed by atoms with Gasteiger partial charge in [-0.3, -0.25) is 14.6 Å². The van der Waals surface area contributed by atoms with Crippen molar-refractivity contribution in [2.24, 2.45) is 0 Å². The van der Waals surface area contributed by atoms with Crippen LogP contribution in [0, 0.1) is 5.82 Å². The zero-order valence-corrected chi connectivity index (χ0v) is 24.1. The van der Waals surface area contributed by atoms with Gasteiger partial charge < -0.3 is 5.32 Å². The van der Waals surface area contributed by atoms with Crippen LogP contribution in [-0.2, 0) is 14.6 Å².